The minimum Gasteiger partial charge on any atom is -0.486 e. The van der Waals surface area contributed by atoms with Gasteiger partial charge >= 0.3 is 0 Å². The molecule has 0 saturated heterocycles. The van der Waals surface area contributed by atoms with E-state index in [4.69, 9.17) is 9.47 Å². The number of aromatic nitrogens is 3. The van der Waals surface area contributed by atoms with Crippen LogP contribution in [-0.2, 0) is 6.42 Å². The molecule has 0 atom stereocenters. The third-order valence-electron chi connectivity index (χ3n) is 4.05. The number of aromatic amines is 1. The predicted octanol–water partition coefficient (Wildman–Crippen LogP) is 2.59. The van der Waals surface area contributed by atoms with Crippen LogP contribution in [0.1, 0.15) is 21.1 Å². The van der Waals surface area contributed by atoms with Crippen LogP contribution in [0.3, 0.4) is 0 Å². The van der Waals surface area contributed by atoms with Crippen molar-refractivity contribution in [2.24, 2.45) is 0 Å². The second kappa shape index (κ2) is 7.17. The van der Waals surface area contributed by atoms with Gasteiger partial charge in [0.1, 0.15) is 13.2 Å². The normalized spacial score (nSPS) is 12.8. The number of rotatable bonds is 5. The van der Waals surface area contributed by atoms with E-state index in [-0.39, 0.29) is 5.91 Å². The molecule has 7 nitrogen and oxygen atoms in total. The molecule has 0 radical (unpaired) electrons. The van der Waals surface area contributed by atoms with E-state index in [9.17, 15) is 4.79 Å². The van der Waals surface area contributed by atoms with Gasteiger partial charge in [-0.1, -0.05) is 0 Å². The number of carbonyl (C=O) groups is 1. The van der Waals surface area contributed by atoms with Gasteiger partial charge in [-0.05, 0) is 25.1 Å². The summed E-state index contributed by atoms with van der Waals surface area (Å²) in [6.45, 7) is 3.55. The number of thiazole rings is 1. The molecule has 1 aromatic carbocycles. The molecule has 0 spiro atoms. The Morgan fingerprint density at radius 3 is 2.96 bits per heavy atom. The monoisotopic (exact) mass is 370 g/mol. The predicted molar refractivity (Wildman–Crippen MR) is 97.9 cm³/mol. The third kappa shape index (κ3) is 3.41. The van der Waals surface area contributed by atoms with Crippen molar-refractivity contribution < 1.29 is 14.3 Å². The van der Waals surface area contributed by atoms with Crippen molar-refractivity contribution in [3.63, 3.8) is 0 Å². The van der Waals surface area contributed by atoms with Gasteiger partial charge in [0.15, 0.2) is 11.5 Å². The zero-order chi connectivity index (χ0) is 17.9. The van der Waals surface area contributed by atoms with Crippen LogP contribution in [0, 0.1) is 6.92 Å². The van der Waals surface area contributed by atoms with Crippen molar-refractivity contribution in [1.29, 1.82) is 0 Å². The summed E-state index contributed by atoms with van der Waals surface area (Å²) in [5.41, 5.74) is 2.97. The maximum absolute atomic E-state index is 12.5. The van der Waals surface area contributed by atoms with Crippen molar-refractivity contribution in [1.82, 2.24) is 20.5 Å². The summed E-state index contributed by atoms with van der Waals surface area (Å²) in [6, 6.07) is 5.59. The van der Waals surface area contributed by atoms with Crippen LogP contribution in [0.25, 0.3) is 11.3 Å². The van der Waals surface area contributed by atoms with E-state index in [2.05, 4.69) is 20.5 Å². The first-order valence-corrected chi connectivity index (χ1v) is 9.21. The molecule has 0 bridgehead atoms. The number of hydrogen-bond donors (Lipinski definition) is 2. The van der Waals surface area contributed by atoms with Crippen molar-refractivity contribution in [3.05, 3.63) is 46.0 Å². The molecule has 1 aliphatic rings. The lowest BCUT2D eigenvalue weighted by molar-refractivity contribution is 0.0955. The van der Waals surface area contributed by atoms with E-state index in [1.54, 1.807) is 11.3 Å². The quantitative estimate of drug-likeness (QED) is 0.721. The molecule has 1 aliphatic heterocycles. The van der Waals surface area contributed by atoms with Gasteiger partial charge in [0.25, 0.3) is 5.91 Å². The molecule has 26 heavy (non-hydrogen) atoms. The van der Waals surface area contributed by atoms with E-state index < -0.39 is 0 Å². The SMILES string of the molecule is Cc1nc(CCNC(=O)c2cn[nH]c2-c2ccc3c(c2)OCCO3)cs1. The van der Waals surface area contributed by atoms with Gasteiger partial charge < -0.3 is 14.8 Å². The third-order valence-corrected chi connectivity index (χ3v) is 4.87. The fourth-order valence-corrected chi connectivity index (χ4v) is 3.45. The number of amides is 1. The lowest BCUT2D eigenvalue weighted by Gasteiger charge is -2.18. The van der Waals surface area contributed by atoms with E-state index in [1.165, 1.54) is 6.20 Å². The number of aryl methyl sites for hydroxylation is 1. The number of H-pyrrole nitrogens is 1. The summed E-state index contributed by atoms with van der Waals surface area (Å²) in [6.07, 6.45) is 2.24. The largest absolute Gasteiger partial charge is 0.486 e. The summed E-state index contributed by atoms with van der Waals surface area (Å²) >= 11 is 1.61. The van der Waals surface area contributed by atoms with Gasteiger partial charge in [0, 0.05) is 23.9 Å². The van der Waals surface area contributed by atoms with Crippen LogP contribution in [0.5, 0.6) is 11.5 Å². The molecule has 4 rings (SSSR count). The summed E-state index contributed by atoms with van der Waals surface area (Å²) in [4.78, 5) is 16.9. The van der Waals surface area contributed by atoms with Crippen molar-refractivity contribution >= 4 is 17.2 Å². The fraction of sp³-hybridized carbons (Fsp3) is 0.278. The Kier molecular flexibility index (Phi) is 4.57. The molecule has 0 aliphatic carbocycles. The molecule has 8 heteroatoms. The van der Waals surface area contributed by atoms with Gasteiger partial charge in [-0.2, -0.15) is 5.10 Å². The Morgan fingerprint density at radius 1 is 1.31 bits per heavy atom. The Bertz CT molecular complexity index is 934. The highest BCUT2D eigenvalue weighted by Crippen LogP contribution is 2.34. The maximum Gasteiger partial charge on any atom is 0.255 e. The van der Waals surface area contributed by atoms with Crippen LogP contribution >= 0.6 is 11.3 Å². The van der Waals surface area contributed by atoms with Gasteiger partial charge in [0.05, 0.1) is 28.2 Å². The number of fused-ring (bicyclic) bond motifs is 1. The standard InChI is InChI=1S/C18H18N4O3S/c1-11-21-13(10-26-11)4-5-19-18(23)14-9-20-22-17(14)12-2-3-15-16(8-12)25-7-6-24-15/h2-3,8-10H,4-7H2,1H3,(H,19,23)(H,20,22). The molecule has 2 aromatic heterocycles. The highest BCUT2D eigenvalue weighted by molar-refractivity contribution is 7.09. The number of nitrogens with one attached hydrogen (secondary N) is 2. The summed E-state index contributed by atoms with van der Waals surface area (Å²) in [5, 5.41) is 12.9. The van der Waals surface area contributed by atoms with Gasteiger partial charge in [-0.3, -0.25) is 9.89 Å². The van der Waals surface area contributed by atoms with Crippen LogP contribution < -0.4 is 14.8 Å². The molecule has 0 saturated carbocycles. The lowest BCUT2D eigenvalue weighted by atomic mass is 10.1. The zero-order valence-corrected chi connectivity index (χ0v) is 15.1. The molecular formula is C18H18N4O3S. The zero-order valence-electron chi connectivity index (χ0n) is 14.2. The second-order valence-corrected chi connectivity index (χ2v) is 6.94. The number of nitrogens with zero attached hydrogens (tertiary/aromatic N) is 2. The first-order valence-electron chi connectivity index (χ1n) is 8.33. The van der Waals surface area contributed by atoms with Crippen molar-refractivity contribution in [2.75, 3.05) is 19.8 Å². The smallest absolute Gasteiger partial charge is 0.255 e. The number of ether oxygens (including phenoxy) is 2. The van der Waals surface area contributed by atoms with Gasteiger partial charge in [0.2, 0.25) is 0 Å². The molecular weight excluding hydrogens is 352 g/mol. The Hall–Kier alpha value is -2.87. The number of hydrogen-bond acceptors (Lipinski definition) is 6. The van der Waals surface area contributed by atoms with E-state index in [1.807, 2.05) is 30.5 Å². The fourth-order valence-electron chi connectivity index (χ4n) is 2.80. The van der Waals surface area contributed by atoms with Crippen LogP contribution in [0.4, 0.5) is 0 Å². The molecule has 0 unspecified atom stereocenters. The molecule has 2 N–H and O–H groups in total. The van der Waals surface area contributed by atoms with Crippen molar-refractivity contribution in [3.8, 4) is 22.8 Å². The molecule has 134 valence electrons. The average Bonchev–Trinajstić information content (AvgIpc) is 3.30. The van der Waals surface area contributed by atoms with Crippen LogP contribution in [-0.4, -0.2) is 40.8 Å². The molecule has 1 amide bonds. The Balaban J connectivity index is 1.46. The minimum absolute atomic E-state index is 0.171. The highest BCUT2D eigenvalue weighted by Gasteiger charge is 2.18. The summed E-state index contributed by atoms with van der Waals surface area (Å²) in [7, 11) is 0. The topological polar surface area (TPSA) is 89.1 Å². The van der Waals surface area contributed by atoms with E-state index >= 15 is 0 Å². The molecule has 0 fully saturated rings. The second-order valence-electron chi connectivity index (χ2n) is 5.88. The van der Waals surface area contributed by atoms with E-state index in [0.717, 1.165) is 16.3 Å². The first-order chi connectivity index (χ1) is 12.7. The van der Waals surface area contributed by atoms with Crippen molar-refractivity contribution in [2.45, 2.75) is 13.3 Å². The summed E-state index contributed by atoms with van der Waals surface area (Å²) in [5.74, 6) is 1.22. The van der Waals surface area contributed by atoms with Crippen LogP contribution in [0.2, 0.25) is 0 Å². The van der Waals surface area contributed by atoms with Crippen LogP contribution in [0.15, 0.2) is 29.8 Å². The lowest BCUT2D eigenvalue weighted by Crippen LogP contribution is -2.26. The average molecular weight is 370 g/mol. The number of carbonyl (C=O) groups excluding carboxylic acids is 1. The maximum atomic E-state index is 12.5. The number of benzene rings is 1. The molecule has 3 aromatic rings. The Morgan fingerprint density at radius 2 is 2.15 bits per heavy atom. The first kappa shape index (κ1) is 16.6. The van der Waals surface area contributed by atoms with Gasteiger partial charge in [-0.25, -0.2) is 4.98 Å². The minimum atomic E-state index is -0.171. The van der Waals surface area contributed by atoms with Gasteiger partial charge in [-0.15, -0.1) is 11.3 Å². The summed E-state index contributed by atoms with van der Waals surface area (Å²) < 4.78 is 11.1. The molecule has 3 heterocycles. The van der Waals surface area contributed by atoms with E-state index in [0.29, 0.717) is 48.9 Å². The Labute approximate surface area is 154 Å². The highest BCUT2D eigenvalue weighted by atomic mass is 32.1.